The van der Waals surface area contributed by atoms with E-state index in [4.69, 9.17) is 5.21 Å². The highest BCUT2D eigenvalue weighted by atomic mass is 32.2. The van der Waals surface area contributed by atoms with Crippen molar-refractivity contribution in [2.75, 3.05) is 6.26 Å². The van der Waals surface area contributed by atoms with Crippen molar-refractivity contribution in [2.24, 2.45) is 0 Å². The van der Waals surface area contributed by atoms with Gasteiger partial charge >= 0.3 is 0 Å². The van der Waals surface area contributed by atoms with E-state index in [1.807, 2.05) is 42.5 Å². The minimum absolute atomic E-state index is 0.0563. The quantitative estimate of drug-likeness (QED) is 0.468. The number of nitrogens with one attached hydrogen (secondary N) is 1. The molecule has 29 heavy (non-hydrogen) atoms. The molecule has 8 nitrogen and oxygen atoms in total. The first kappa shape index (κ1) is 20.7. The van der Waals surface area contributed by atoms with Crippen LogP contribution in [0.4, 0.5) is 0 Å². The van der Waals surface area contributed by atoms with Gasteiger partial charge in [-0.3, -0.25) is 19.4 Å². The third-order valence-electron chi connectivity index (χ3n) is 5.16. The Morgan fingerprint density at radius 2 is 1.86 bits per heavy atom. The van der Waals surface area contributed by atoms with Gasteiger partial charge in [0.1, 0.15) is 0 Å². The number of nitrogens with zero attached hydrogens (tertiary/aromatic N) is 2. The number of amides is 1. The Bertz CT molecular complexity index is 1220. The number of aromatic nitrogens is 2. The van der Waals surface area contributed by atoms with Gasteiger partial charge in [0.25, 0.3) is 11.5 Å². The van der Waals surface area contributed by atoms with Crippen LogP contribution in [0.5, 0.6) is 0 Å². The van der Waals surface area contributed by atoms with Crippen LogP contribution in [0.25, 0.3) is 22.0 Å². The molecule has 0 spiro atoms. The lowest BCUT2D eigenvalue weighted by Gasteiger charge is -2.25. The molecular formula is C20H21N3O5S. The first-order valence-corrected chi connectivity index (χ1v) is 10.8. The number of hydrogen-bond acceptors (Lipinski definition) is 6. The molecule has 3 aromatic rings. The van der Waals surface area contributed by atoms with Gasteiger partial charge < -0.3 is 0 Å². The summed E-state index contributed by atoms with van der Waals surface area (Å²) < 4.78 is 23.5. The SMILES string of the molecule is CC(CCn1cnc2cc(-c3ccccc3)ccc2c1=O)(C(=O)NO)S(C)(=O)=O. The Morgan fingerprint density at radius 1 is 1.17 bits per heavy atom. The van der Waals surface area contributed by atoms with Crippen molar-refractivity contribution in [3.63, 3.8) is 0 Å². The number of hydroxylamine groups is 1. The molecule has 1 unspecified atom stereocenters. The third kappa shape index (κ3) is 3.92. The van der Waals surface area contributed by atoms with Gasteiger partial charge in [0.15, 0.2) is 14.6 Å². The van der Waals surface area contributed by atoms with Gasteiger partial charge in [-0.15, -0.1) is 0 Å². The fourth-order valence-electron chi connectivity index (χ4n) is 3.05. The lowest BCUT2D eigenvalue weighted by molar-refractivity contribution is -0.131. The van der Waals surface area contributed by atoms with Gasteiger partial charge in [0.2, 0.25) is 0 Å². The molecule has 2 N–H and O–H groups in total. The fourth-order valence-corrected chi connectivity index (χ4v) is 3.89. The summed E-state index contributed by atoms with van der Waals surface area (Å²) in [5.74, 6) is -1.05. The zero-order chi connectivity index (χ0) is 21.2. The summed E-state index contributed by atoms with van der Waals surface area (Å²) in [5, 5.41) is 9.29. The van der Waals surface area contributed by atoms with E-state index < -0.39 is 20.5 Å². The highest BCUT2D eigenvalue weighted by Crippen LogP contribution is 2.23. The van der Waals surface area contributed by atoms with Crippen molar-refractivity contribution in [3.05, 3.63) is 65.2 Å². The molecule has 0 saturated carbocycles. The van der Waals surface area contributed by atoms with E-state index in [9.17, 15) is 18.0 Å². The van der Waals surface area contributed by atoms with Crippen LogP contribution in [-0.2, 0) is 21.2 Å². The molecule has 9 heteroatoms. The van der Waals surface area contributed by atoms with Crippen LogP contribution < -0.4 is 11.0 Å². The van der Waals surface area contributed by atoms with E-state index in [2.05, 4.69) is 4.98 Å². The second-order valence-electron chi connectivity index (χ2n) is 7.04. The van der Waals surface area contributed by atoms with Crippen LogP contribution in [0.15, 0.2) is 59.7 Å². The number of benzene rings is 2. The molecule has 3 rings (SSSR count). The van der Waals surface area contributed by atoms with Crippen molar-refractivity contribution in [1.29, 1.82) is 0 Å². The molecule has 0 fully saturated rings. The molecule has 0 radical (unpaired) electrons. The maximum atomic E-state index is 12.8. The number of fused-ring (bicyclic) bond motifs is 1. The number of rotatable bonds is 6. The Labute approximate surface area is 167 Å². The van der Waals surface area contributed by atoms with Crippen LogP contribution in [0.3, 0.4) is 0 Å². The van der Waals surface area contributed by atoms with Crippen molar-refractivity contribution in [3.8, 4) is 11.1 Å². The van der Waals surface area contributed by atoms with E-state index in [0.717, 1.165) is 17.4 Å². The van der Waals surface area contributed by atoms with Crippen LogP contribution in [-0.4, -0.2) is 40.1 Å². The molecule has 2 aromatic carbocycles. The molecule has 0 bridgehead atoms. The largest absolute Gasteiger partial charge is 0.299 e. The predicted octanol–water partition coefficient (Wildman–Crippen LogP) is 1.76. The van der Waals surface area contributed by atoms with E-state index in [-0.39, 0.29) is 18.5 Å². The van der Waals surface area contributed by atoms with Crippen molar-refractivity contribution in [2.45, 2.75) is 24.6 Å². The maximum Gasteiger partial charge on any atom is 0.264 e. The summed E-state index contributed by atoms with van der Waals surface area (Å²) in [5.41, 5.74) is 3.50. The van der Waals surface area contributed by atoms with Crippen LogP contribution in [0, 0.1) is 0 Å². The van der Waals surface area contributed by atoms with Crippen molar-refractivity contribution in [1.82, 2.24) is 15.0 Å². The Balaban J connectivity index is 1.94. The third-order valence-corrected chi connectivity index (χ3v) is 7.19. The molecule has 1 amide bonds. The van der Waals surface area contributed by atoms with Gasteiger partial charge in [-0.1, -0.05) is 36.4 Å². The monoisotopic (exact) mass is 415 g/mol. The van der Waals surface area contributed by atoms with Gasteiger partial charge in [0, 0.05) is 12.8 Å². The summed E-state index contributed by atoms with van der Waals surface area (Å²) in [6.07, 6.45) is 2.04. The Morgan fingerprint density at radius 3 is 2.48 bits per heavy atom. The maximum absolute atomic E-state index is 12.8. The van der Waals surface area contributed by atoms with E-state index in [1.165, 1.54) is 23.3 Å². The average molecular weight is 415 g/mol. The summed E-state index contributed by atoms with van der Waals surface area (Å²) in [7, 11) is -3.85. The summed E-state index contributed by atoms with van der Waals surface area (Å²) in [6, 6.07) is 15.0. The molecular weight excluding hydrogens is 394 g/mol. The van der Waals surface area contributed by atoms with Crippen LogP contribution >= 0.6 is 0 Å². The molecule has 0 aliphatic carbocycles. The standard InChI is InChI=1S/C20H21N3O5S/c1-20(19(25)22-26,29(2,27)28)10-11-23-13-21-17-12-15(8-9-16(17)18(23)24)14-6-4-3-5-7-14/h3-9,12-13,26H,10-11H2,1-2H3,(H,22,25). The minimum Gasteiger partial charge on any atom is -0.299 e. The van der Waals surface area contributed by atoms with Crippen LogP contribution in [0.2, 0.25) is 0 Å². The second-order valence-corrected chi connectivity index (χ2v) is 9.48. The lowest BCUT2D eigenvalue weighted by Crippen LogP contribution is -2.50. The van der Waals surface area contributed by atoms with Crippen molar-refractivity contribution >= 4 is 26.6 Å². The number of carbonyl (C=O) groups is 1. The molecule has 1 heterocycles. The summed E-state index contributed by atoms with van der Waals surface area (Å²) >= 11 is 0. The van der Waals surface area contributed by atoms with E-state index in [1.54, 1.807) is 6.07 Å². The van der Waals surface area contributed by atoms with Gasteiger partial charge in [-0.05, 0) is 36.6 Å². The molecule has 1 atom stereocenters. The number of sulfone groups is 1. The van der Waals surface area contributed by atoms with Gasteiger partial charge in [0.05, 0.1) is 17.2 Å². The summed E-state index contributed by atoms with van der Waals surface area (Å²) in [6.45, 7) is 1.15. The topological polar surface area (TPSA) is 118 Å². The minimum atomic E-state index is -3.85. The molecule has 0 aliphatic rings. The van der Waals surface area contributed by atoms with Crippen LogP contribution in [0.1, 0.15) is 13.3 Å². The summed E-state index contributed by atoms with van der Waals surface area (Å²) in [4.78, 5) is 29.1. The number of hydrogen-bond donors (Lipinski definition) is 2. The van der Waals surface area contributed by atoms with Crippen molar-refractivity contribution < 1.29 is 18.4 Å². The number of aryl methyl sites for hydroxylation is 1. The Hall–Kier alpha value is -3.04. The highest BCUT2D eigenvalue weighted by Gasteiger charge is 2.43. The lowest BCUT2D eigenvalue weighted by atomic mass is 10.0. The van der Waals surface area contributed by atoms with E-state index >= 15 is 0 Å². The van der Waals surface area contributed by atoms with E-state index in [0.29, 0.717) is 10.9 Å². The molecule has 1 aromatic heterocycles. The van der Waals surface area contributed by atoms with Gasteiger partial charge in [-0.25, -0.2) is 18.9 Å². The first-order chi connectivity index (χ1) is 13.7. The Kier molecular flexibility index (Phi) is 5.54. The normalized spacial score (nSPS) is 13.8. The molecule has 0 saturated heterocycles. The second kappa shape index (κ2) is 7.76. The fraction of sp³-hybridized carbons (Fsp3) is 0.250. The number of carbonyl (C=O) groups excluding carboxylic acids is 1. The molecule has 0 aliphatic heterocycles. The zero-order valence-electron chi connectivity index (χ0n) is 16.0. The first-order valence-electron chi connectivity index (χ1n) is 8.86. The average Bonchev–Trinajstić information content (AvgIpc) is 2.72. The highest BCUT2D eigenvalue weighted by molar-refractivity contribution is 7.92. The predicted molar refractivity (Wildman–Crippen MR) is 109 cm³/mol. The smallest absolute Gasteiger partial charge is 0.264 e. The van der Waals surface area contributed by atoms with Gasteiger partial charge in [-0.2, -0.15) is 0 Å². The molecule has 152 valence electrons. The zero-order valence-corrected chi connectivity index (χ0v) is 16.8.